The third-order valence-electron chi connectivity index (χ3n) is 3.03. The summed E-state index contributed by atoms with van der Waals surface area (Å²) >= 11 is 0. The van der Waals surface area contributed by atoms with Crippen LogP contribution in [0.3, 0.4) is 0 Å². The molecule has 0 atom stereocenters. The number of imidazole rings is 1. The normalized spacial score (nSPS) is 11.5. The minimum atomic E-state index is -3.59. The molecule has 6 heteroatoms. The summed E-state index contributed by atoms with van der Waals surface area (Å²) in [5, 5.41) is 0.120. The molecule has 0 bridgehead atoms. The molecule has 0 saturated carbocycles. The second-order valence-electron chi connectivity index (χ2n) is 4.31. The topological polar surface area (TPSA) is 66.1 Å². The summed E-state index contributed by atoms with van der Waals surface area (Å²) in [5.74, 6) is 0.664. The Morgan fingerprint density at radius 1 is 1.32 bits per heavy atom. The molecule has 102 valence electrons. The van der Waals surface area contributed by atoms with Crippen molar-refractivity contribution in [1.29, 1.82) is 0 Å². The van der Waals surface area contributed by atoms with E-state index in [2.05, 4.69) is 9.97 Å². The molecule has 1 aromatic heterocycles. The Hall–Kier alpha value is -1.82. The van der Waals surface area contributed by atoms with E-state index in [1.807, 2.05) is 32.0 Å². The standard InChI is InChI=1S/C13H17N3O2S/c1-4-12-14-9-13(15-12)19(17,18)16(3)11-8-6-5-7-10(11)2/h5-9H,4H2,1-3H3,(H,14,15). The fourth-order valence-electron chi connectivity index (χ4n) is 1.85. The van der Waals surface area contributed by atoms with Crippen LogP contribution >= 0.6 is 0 Å². The number of hydrogen-bond acceptors (Lipinski definition) is 3. The van der Waals surface area contributed by atoms with Crippen LogP contribution in [0.1, 0.15) is 18.3 Å². The lowest BCUT2D eigenvalue weighted by Gasteiger charge is -2.20. The number of sulfonamides is 1. The van der Waals surface area contributed by atoms with Crippen LogP contribution in [0.15, 0.2) is 35.5 Å². The lowest BCUT2D eigenvalue weighted by molar-refractivity contribution is 0.591. The van der Waals surface area contributed by atoms with Crippen LogP contribution in [0.4, 0.5) is 5.69 Å². The number of hydrogen-bond donors (Lipinski definition) is 1. The molecule has 0 amide bonds. The zero-order valence-electron chi connectivity index (χ0n) is 11.2. The van der Waals surface area contributed by atoms with Gasteiger partial charge in [0.1, 0.15) is 5.82 Å². The Morgan fingerprint density at radius 3 is 2.58 bits per heavy atom. The molecule has 1 heterocycles. The molecule has 0 saturated heterocycles. The molecule has 0 aliphatic rings. The van der Waals surface area contributed by atoms with E-state index >= 15 is 0 Å². The van der Waals surface area contributed by atoms with Crippen molar-refractivity contribution in [3.63, 3.8) is 0 Å². The van der Waals surface area contributed by atoms with Gasteiger partial charge in [0.2, 0.25) is 0 Å². The van der Waals surface area contributed by atoms with Crippen molar-refractivity contribution in [3.8, 4) is 0 Å². The fraction of sp³-hybridized carbons (Fsp3) is 0.308. The molecule has 2 rings (SSSR count). The Labute approximate surface area is 113 Å². The zero-order chi connectivity index (χ0) is 14.0. The summed E-state index contributed by atoms with van der Waals surface area (Å²) in [6.07, 6.45) is 2.03. The molecule has 2 aromatic rings. The molecular formula is C13H17N3O2S. The molecule has 0 aliphatic carbocycles. The number of aromatic nitrogens is 2. The second kappa shape index (κ2) is 5.05. The predicted molar refractivity (Wildman–Crippen MR) is 74.7 cm³/mol. The summed E-state index contributed by atoms with van der Waals surface area (Å²) in [5.41, 5.74) is 1.57. The molecule has 0 spiro atoms. The van der Waals surface area contributed by atoms with Crippen molar-refractivity contribution < 1.29 is 8.42 Å². The van der Waals surface area contributed by atoms with Gasteiger partial charge < -0.3 is 4.98 Å². The molecule has 0 fully saturated rings. The number of nitrogens with one attached hydrogen (secondary N) is 1. The molecule has 19 heavy (non-hydrogen) atoms. The van der Waals surface area contributed by atoms with Crippen molar-refractivity contribution in [3.05, 3.63) is 41.9 Å². The fourth-order valence-corrected chi connectivity index (χ4v) is 3.04. The summed E-state index contributed by atoms with van der Waals surface area (Å²) in [4.78, 5) is 6.87. The third-order valence-corrected chi connectivity index (χ3v) is 4.71. The quantitative estimate of drug-likeness (QED) is 0.932. The molecule has 1 N–H and O–H groups in total. The number of aryl methyl sites for hydroxylation is 2. The van der Waals surface area contributed by atoms with Gasteiger partial charge in [-0.15, -0.1) is 0 Å². The summed E-state index contributed by atoms with van der Waals surface area (Å²) in [6, 6.07) is 7.36. The van der Waals surface area contributed by atoms with E-state index in [1.165, 1.54) is 10.5 Å². The van der Waals surface area contributed by atoms with Crippen LogP contribution in [0.5, 0.6) is 0 Å². The average Bonchev–Trinajstić information content (AvgIpc) is 2.88. The van der Waals surface area contributed by atoms with E-state index in [0.29, 0.717) is 17.9 Å². The first-order chi connectivity index (χ1) is 8.96. The minimum absolute atomic E-state index is 0.120. The van der Waals surface area contributed by atoms with E-state index in [-0.39, 0.29) is 5.03 Å². The van der Waals surface area contributed by atoms with Crippen LogP contribution in [-0.4, -0.2) is 25.4 Å². The Bertz CT molecular complexity index is 677. The maximum atomic E-state index is 12.5. The molecule has 1 aromatic carbocycles. The highest BCUT2D eigenvalue weighted by molar-refractivity contribution is 7.92. The summed E-state index contributed by atoms with van der Waals surface area (Å²) in [6.45, 7) is 3.80. The van der Waals surface area contributed by atoms with Gasteiger partial charge in [-0.1, -0.05) is 25.1 Å². The highest BCUT2D eigenvalue weighted by atomic mass is 32.2. The molecule has 0 unspecified atom stereocenters. The highest BCUT2D eigenvalue weighted by Crippen LogP contribution is 2.24. The maximum absolute atomic E-state index is 12.5. The monoisotopic (exact) mass is 279 g/mol. The number of nitrogens with zero attached hydrogens (tertiary/aromatic N) is 2. The molecular weight excluding hydrogens is 262 g/mol. The average molecular weight is 279 g/mol. The van der Waals surface area contributed by atoms with E-state index in [4.69, 9.17) is 0 Å². The number of para-hydroxylation sites is 1. The van der Waals surface area contributed by atoms with Crippen LogP contribution in [0, 0.1) is 6.92 Å². The largest absolute Gasteiger partial charge is 0.332 e. The van der Waals surface area contributed by atoms with Gasteiger partial charge in [0.25, 0.3) is 10.0 Å². The Kier molecular flexibility index (Phi) is 3.61. The van der Waals surface area contributed by atoms with E-state index in [0.717, 1.165) is 5.56 Å². The summed E-state index contributed by atoms with van der Waals surface area (Å²) in [7, 11) is -2.04. The second-order valence-corrected chi connectivity index (χ2v) is 6.24. The maximum Gasteiger partial charge on any atom is 0.281 e. The van der Waals surface area contributed by atoms with E-state index in [1.54, 1.807) is 13.1 Å². The van der Waals surface area contributed by atoms with Gasteiger partial charge in [-0.2, -0.15) is 8.42 Å². The zero-order valence-corrected chi connectivity index (χ0v) is 12.0. The smallest absolute Gasteiger partial charge is 0.281 e. The third kappa shape index (κ3) is 2.49. The first-order valence-electron chi connectivity index (χ1n) is 6.05. The minimum Gasteiger partial charge on any atom is -0.332 e. The van der Waals surface area contributed by atoms with Crippen LogP contribution in [-0.2, 0) is 16.4 Å². The number of benzene rings is 1. The van der Waals surface area contributed by atoms with Crippen molar-refractivity contribution in [2.24, 2.45) is 0 Å². The predicted octanol–water partition coefficient (Wildman–Crippen LogP) is 2.11. The van der Waals surface area contributed by atoms with Crippen molar-refractivity contribution >= 4 is 15.7 Å². The van der Waals surface area contributed by atoms with Crippen LogP contribution < -0.4 is 4.31 Å². The first kappa shape index (κ1) is 13.6. The Balaban J connectivity index is 2.42. The van der Waals surface area contributed by atoms with E-state index < -0.39 is 10.0 Å². The lowest BCUT2D eigenvalue weighted by atomic mass is 10.2. The number of anilines is 1. The first-order valence-corrected chi connectivity index (χ1v) is 7.49. The van der Waals surface area contributed by atoms with Crippen molar-refractivity contribution in [1.82, 2.24) is 9.97 Å². The summed E-state index contributed by atoms with van der Waals surface area (Å²) < 4.78 is 26.2. The van der Waals surface area contributed by atoms with Gasteiger partial charge in [-0.25, -0.2) is 4.98 Å². The van der Waals surface area contributed by atoms with Gasteiger partial charge in [0.15, 0.2) is 5.03 Å². The van der Waals surface area contributed by atoms with Gasteiger partial charge in [0.05, 0.1) is 11.9 Å². The number of aromatic amines is 1. The SMILES string of the molecule is CCc1ncc(S(=O)(=O)N(C)c2ccccc2C)[nH]1. The number of rotatable bonds is 4. The lowest BCUT2D eigenvalue weighted by Crippen LogP contribution is -2.27. The number of H-pyrrole nitrogens is 1. The highest BCUT2D eigenvalue weighted by Gasteiger charge is 2.24. The van der Waals surface area contributed by atoms with Crippen molar-refractivity contribution in [2.45, 2.75) is 25.3 Å². The van der Waals surface area contributed by atoms with Gasteiger partial charge in [-0.3, -0.25) is 4.31 Å². The van der Waals surface area contributed by atoms with Gasteiger partial charge >= 0.3 is 0 Å². The van der Waals surface area contributed by atoms with Crippen molar-refractivity contribution in [2.75, 3.05) is 11.4 Å². The van der Waals surface area contributed by atoms with Crippen LogP contribution in [0.2, 0.25) is 0 Å². The molecule has 5 nitrogen and oxygen atoms in total. The van der Waals surface area contributed by atoms with Gasteiger partial charge in [-0.05, 0) is 18.6 Å². The van der Waals surface area contributed by atoms with Gasteiger partial charge in [0, 0.05) is 13.5 Å². The van der Waals surface area contributed by atoms with Crippen LogP contribution in [0.25, 0.3) is 0 Å². The van der Waals surface area contributed by atoms with E-state index in [9.17, 15) is 8.42 Å². The molecule has 0 aliphatic heterocycles. The molecule has 0 radical (unpaired) electrons. The Morgan fingerprint density at radius 2 is 2.00 bits per heavy atom.